The van der Waals surface area contributed by atoms with Crippen molar-refractivity contribution in [2.45, 2.75) is 39.5 Å². The van der Waals surface area contributed by atoms with E-state index < -0.39 is 0 Å². The number of rotatable bonds is 6. The third kappa shape index (κ3) is 6.16. The topological polar surface area (TPSA) is 15.3 Å². The first kappa shape index (κ1) is 13.0. The summed E-state index contributed by atoms with van der Waals surface area (Å²) in [6.07, 6.45) is 5.52. The number of hydrogen-bond donors (Lipinski definition) is 1. The van der Waals surface area contributed by atoms with Crippen LogP contribution in [0.15, 0.2) is 0 Å². The molecule has 0 aromatic heterocycles. The zero-order valence-corrected chi connectivity index (χ0v) is 10.8. The lowest BCUT2D eigenvalue weighted by molar-refractivity contribution is 0.263. The minimum Gasteiger partial charge on any atom is -0.316 e. The molecule has 1 aliphatic heterocycles. The van der Waals surface area contributed by atoms with Crippen molar-refractivity contribution in [2.24, 2.45) is 11.8 Å². The molecule has 0 amide bonds. The minimum atomic E-state index is 0.837. The van der Waals surface area contributed by atoms with E-state index in [-0.39, 0.29) is 0 Å². The first-order valence-electron chi connectivity index (χ1n) is 6.57. The van der Waals surface area contributed by atoms with Gasteiger partial charge in [-0.15, -0.1) is 0 Å². The summed E-state index contributed by atoms with van der Waals surface area (Å²) in [6.45, 7) is 9.63. The molecule has 15 heavy (non-hydrogen) atoms. The van der Waals surface area contributed by atoms with Crippen molar-refractivity contribution in [1.29, 1.82) is 0 Å². The van der Waals surface area contributed by atoms with Gasteiger partial charge >= 0.3 is 0 Å². The summed E-state index contributed by atoms with van der Waals surface area (Å²) < 4.78 is 0. The van der Waals surface area contributed by atoms with Crippen LogP contribution in [0.3, 0.4) is 0 Å². The third-order valence-electron chi connectivity index (χ3n) is 3.41. The Labute approximate surface area is 95.4 Å². The van der Waals surface area contributed by atoms with Crippen molar-refractivity contribution in [3.05, 3.63) is 0 Å². The second kappa shape index (κ2) is 7.24. The quantitative estimate of drug-likeness (QED) is 0.727. The van der Waals surface area contributed by atoms with Gasteiger partial charge < -0.3 is 10.2 Å². The number of piperidine rings is 1. The largest absolute Gasteiger partial charge is 0.316 e. The van der Waals surface area contributed by atoms with E-state index in [9.17, 15) is 0 Å². The van der Waals surface area contributed by atoms with Gasteiger partial charge in [-0.25, -0.2) is 0 Å². The van der Waals surface area contributed by atoms with Crippen molar-refractivity contribution in [3.8, 4) is 0 Å². The Morgan fingerprint density at radius 1 is 1.33 bits per heavy atom. The second-order valence-electron chi connectivity index (χ2n) is 5.49. The predicted molar refractivity (Wildman–Crippen MR) is 67.2 cm³/mol. The SMILES string of the molecule is CC(C)CCN(C)CCC1CCCNC1. The molecule has 0 aromatic carbocycles. The Morgan fingerprint density at radius 2 is 2.13 bits per heavy atom. The normalized spacial score (nSPS) is 22.6. The van der Waals surface area contributed by atoms with Gasteiger partial charge in [-0.1, -0.05) is 13.8 Å². The van der Waals surface area contributed by atoms with E-state index in [0.717, 1.165) is 11.8 Å². The summed E-state index contributed by atoms with van der Waals surface area (Å²) in [6, 6.07) is 0. The summed E-state index contributed by atoms with van der Waals surface area (Å²) >= 11 is 0. The Morgan fingerprint density at radius 3 is 2.73 bits per heavy atom. The highest BCUT2D eigenvalue weighted by molar-refractivity contribution is 4.70. The monoisotopic (exact) mass is 212 g/mol. The summed E-state index contributed by atoms with van der Waals surface area (Å²) in [5.41, 5.74) is 0. The van der Waals surface area contributed by atoms with Gasteiger partial charge in [0.2, 0.25) is 0 Å². The molecule has 0 bridgehead atoms. The zero-order chi connectivity index (χ0) is 11.1. The van der Waals surface area contributed by atoms with Gasteiger partial charge in [-0.2, -0.15) is 0 Å². The van der Waals surface area contributed by atoms with Crippen LogP contribution in [0.5, 0.6) is 0 Å². The summed E-state index contributed by atoms with van der Waals surface area (Å²) in [4.78, 5) is 2.49. The maximum absolute atomic E-state index is 3.49. The van der Waals surface area contributed by atoms with Crippen LogP contribution in [-0.4, -0.2) is 38.1 Å². The first-order chi connectivity index (χ1) is 7.18. The molecule has 90 valence electrons. The van der Waals surface area contributed by atoms with Gasteiger partial charge in [0.15, 0.2) is 0 Å². The fourth-order valence-electron chi connectivity index (χ4n) is 2.16. The molecule has 1 unspecified atom stereocenters. The van der Waals surface area contributed by atoms with Gasteiger partial charge in [-0.05, 0) is 70.7 Å². The molecule has 1 aliphatic rings. The summed E-state index contributed by atoms with van der Waals surface area (Å²) in [7, 11) is 2.26. The van der Waals surface area contributed by atoms with E-state index in [0.29, 0.717) is 0 Å². The fourth-order valence-corrected chi connectivity index (χ4v) is 2.16. The van der Waals surface area contributed by atoms with Crippen LogP contribution in [0.25, 0.3) is 0 Å². The van der Waals surface area contributed by atoms with Crippen molar-refractivity contribution in [3.63, 3.8) is 0 Å². The van der Waals surface area contributed by atoms with Crippen LogP contribution in [0.2, 0.25) is 0 Å². The molecule has 1 rings (SSSR count). The average molecular weight is 212 g/mol. The highest BCUT2D eigenvalue weighted by Crippen LogP contribution is 2.14. The lowest BCUT2D eigenvalue weighted by Gasteiger charge is -2.25. The van der Waals surface area contributed by atoms with Crippen molar-refractivity contribution >= 4 is 0 Å². The van der Waals surface area contributed by atoms with Crippen LogP contribution in [0.1, 0.15) is 39.5 Å². The lowest BCUT2D eigenvalue weighted by atomic mass is 9.96. The summed E-state index contributed by atoms with van der Waals surface area (Å²) in [5, 5.41) is 3.49. The molecule has 1 N–H and O–H groups in total. The van der Waals surface area contributed by atoms with E-state index in [2.05, 4.69) is 31.1 Å². The van der Waals surface area contributed by atoms with Crippen LogP contribution in [0.4, 0.5) is 0 Å². The maximum atomic E-state index is 3.49. The molecule has 0 saturated carbocycles. The van der Waals surface area contributed by atoms with Gasteiger partial charge in [0, 0.05) is 0 Å². The second-order valence-corrected chi connectivity index (χ2v) is 5.49. The van der Waals surface area contributed by atoms with Gasteiger partial charge in [0.25, 0.3) is 0 Å². The highest BCUT2D eigenvalue weighted by atomic mass is 15.1. The Kier molecular flexibility index (Phi) is 6.26. The number of nitrogens with zero attached hydrogens (tertiary/aromatic N) is 1. The summed E-state index contributed by atoms with van der Waals surface area (Å²) in [5.74, 6) is 1.77. The van der Waals surface area contributed by atoms with Crippen LogP contribution < -0.4 is 5.32 Å². The smallest absolute Gasteiger partial charge is 0.00187 e. The molecule has 0 radical (unpaired) electrons. The Balaban J connectivity index is 2.02. The Hall–Kier alpha value is -0.0800. The number of hydrogen-bond acceptors (Lipinski definition) is 2. The van der Waals surface area contributed by atoms with Crippen LogP contribution in [-0.2, 0) is 0 Å². The van der Waals surface area contributed by atoms with Crippen LogP contribution >= 0.6 is 0 Å². The van der Waals surface area contributed by atoms with E-state index in [1.807, 2.05) is 0 Å². The molecule has 2 heteroatoms. The molecular weight excluding hydrogens is 184 g/mol. The van der Waals surface area contributed by atoms with Crippen molar-refractivity contribution < 1.29 is 0 Å². The van der Waals surface area contributed by atoms with Crippen molar-refractivity contribution in [2.75, 3.05) is 33.2 Å². The van der Waals surface area contributed by atoms with Crippen LogP contribution in [0, 0.1) is 11.8 Å². The van der Waals surface area contributed by atoms with Gasteiger partial charge in [0.05, 0.1) is 0 Å². The highest BCUT2D eigenvalue weighted by Gasteiger charge is 2.13. The predicted octanol–water partition coefficient (Wildman–Crippen LogP) is 2.35. The molecule has 1 atom stereocenters. The van der Waals surface area contributed by atoms with E-state index in [1.54, 1.807) is 0 Å². The molecule has 1 saturated heterocycles. The van der Waals surface area contributed by atoms with Gasteiger partial charge in [-0.3, -0.25) is 0 Å². The average Bonchev–Trinajstić information content (AvgIpc) is 2.25. The number of nitrogens with one attached hydrogen (secondary N) is 1. The van der Waals surface area contributed by atoms with E-state index >= 15 is 0 Å². The third-order valence-corrected chi connectivity index (χ3v) is 3.41. The molecule has 2 nitrogen and oxygen atoms in total. The lowest BCUT2D eigenvalue weighted by Crippen LogP contribution is -2.32. The molecule has 1 heterocycles. The molecule has 0 aromatic rings. The van der Waals surface area contributed by atoms with Gasteiger partial charge in [0.1, 0.15) is 0 Å². The molecule has 1 fully saturated rings. The molecule has 0 spiro atoms. The minimum absolute atomic E-state index is 0.837. The van der Waals surface area contributed by atoms with E-state index in [4.69, 9.17) is 0 Å². The van der Waals surface area contributed by atoms with E-state index in [1.165, 1.54) is 51.9 Å². The first-order valence-corrected chi connectivity index (χ1v) is 6.57. The molecule has 0 aliphatic carbocycles. The molecular formula is C13H28N2. The fraction of sp³-hybridized carbons (Fsp3) is 1.00. The standard InChI is InChI=1S/C13H28N2/c1-12(2)6-9-15(3)10-7-13-5-4-8-14-11-13/h12-14H,4-11H2,1-3H3. The zero-order valence-electron chi connectivity index (χ0n) is 10.8. The van der Waals surface area contributed by atoms with Crippen molar-refractivity contribution in [1.82, 2.24) is 10.2 Å². The Bertz CT molecular complexity index is 151. The maximum Gasteiger partial charge on any atom is -0.00187 e.